The highest BCUT2D eigenvalue weighted by Gasteiger charge is 2.21. The van der Waals surface area contributed by atoms with Gasteiger partial charge < -0.3 is 19.5 Å². The highest BCUT2D eigenvalue weighted by molar-refractivity contribution is 6.09. The Morgan fingerprint density at radius 2 is 1.52 bits per heavy atom. The van der Waals surface area contributed by atoms with Gasteiger partial charge in [-0.1, -0.05) is 6.07 Å². The Hall–Kier alpha value is -3.42. The normalized spacial score (nSPS) is 11.0. The molecule has 3 rings (SSSR count). The van der Waals surface area contributed by atoms with E-state index in [1.807, 2.05) is 13.8 Å². The SMILES string of the molecule is COc1cccc(OC)c1C(=O)Nc1cc2c(cc1OC(C)C)n(C)c(=O)n2C. The van der Waals surface area contributed by atoms with Gasteiger partial charge in [-0.05, 0) is 32.0 Å². The van der Waals surface area contributed by atoms with Crippen molar-refractivity contribution in [1.82, 2.24) is 9.13 Å². The number of hydrogen-bond donors (Lipinski definition) is 1. The van der Waals surface area contributed by atoms with Crippen molar-refractivity contribution in [2.24, 2.45) is 14.1 Å². The van der Waals surface area contributed by atoms with Gasteiger partial charge in [-0.3, -0.25) is 13.9 Å². The van der Waals surface area contributed by atoms with Crippen molar-refractivity contribution in [3.05, 3.63) is 46.4 Å². The lowest BCUT2D eigenvalue weighted by Gasteiger charge is -2.17. The standard InChI is InChI=1S/C21H25N3O5/c1-12(2)29-18-11-15-14(23(3)21(26)24(15)4)10-13(18)22-20(25)19-16(27-5)8-7-9-17(19)28-6/h7-12H,1-6H3,(H,22,25). The lowest BCUT2D eigenvalue weighted by molar-refractivity contribution is 0.102. The van der Waals surface area contributed by atoms with Gasteiger partial charge in [-0.15, -0.1) is 0 Å². The zero-order valence-corrected chi connectivity index (χ0v) is 17.4. The Morgan fingerprint density at radius 3 is 2.03 bits per heavy atom. The second-order valence-corrected chi connectivity index (χ2v) is 6.90. The topological polar surface area (TPSA) is 83.7 Å². The van der Waals surface area contributed by atoms with Crippen molar-refractivity contribution >= 4 is 22.6 Å². The number of aryl methyl sites for hydroxylation is 2. The minimum atomic E-state index is -0.409. The molecule has 8 nitrogen and oxygen atoms in total. The van der Waals surface area contributed by atoms with Gasteiger partial charge in [0.2, 0.25) is 0 Å². The minimum absolute atomic E-state index is 0.121. The summed E-state index contributed by atoms with van der Waals surface area (Å²) >= 11 is 0. The lowest BCUT2D eigenvalue weighted by Crippen LogP contribution is -2.19. The van der Waals surface area contributed by atoms with Crippen LogP contribution in [0, 0.1) is 0 Å². The monoisotopic (exact) mass is 399 g/mol. The Bertz CT molecular complexity index is 1110. The molecule has 1 amide bonds. The number of carbonyl (C=O) groups is 1. The molecule has 1 N–H and O–H groups in total. The molecule has 0 fully saturated rings. The van der Waals surface area contributed by atoms with Crippen molar-refractivity contribution in [3.63, 3.8) is 0 Å². The third-order valence-electron chi connectivity index (χ3n) is 4.64. The first-order valence-corrected chi connectivity index (χ1v) is 9.17. The number of nitrogens with zero attached hydrogens (tertiary/aromatic N) is 2. The number of fused-ring (bicyclic) bond motifs is 1. The van der Waals surface area contributed by atoms with Crippen molar-refractivity contribution in [3.8, 4) is 17.2 Å². The number of methoxy groups -OCH3 is 2. The molecule has 29 heavy (non-hydrogen) atoms. The molecule has 0 saturated heterocycles. The molecule has 2 aromatic carbocycles. The Kier molecular flexibility index (Phi) is 5.54. The number of benzene rings is 2. The minimum Gasteiger partial charge on any atom is -0.496 e. The van der Waals surface area contributed by atoms with E-state index in [0.29, 0.717) is 34.0 Å². The molecular weight excluding hydrogens is 374 g/mol. The smallest absolute Gasteiger partial charge is 0.328 e. The van der Waals surface area contributed by atoms with E-state index in [9.17, 15) is 9.59 Å². The summed E-state index contributed by atoms with van der Waals surface area (Å²) in [6.07, 6.45) is -0.121. The lowest BCUT2D eigenvalue weighted by atomic mass is 10.1. The molecule has 0 saturated carbocycles. The molecular formula is C21H25N3O5. The second-order valence-electron chi connectivity index (χ2n) is 6.90. The van der Waals surface area contributed by atoms with Crippen molar-refractivity contribution in [2.45, 2.75) is 20.0 Å². The van der Waals surface area contributed by atoms with E-state index in [2.05, 4.69) is 5.32 Å². The fourth-order valence-corrected chi connectivity index (χ4v) is 3.23. The van der Waals surface area contributed by atoms with Crippen LogP contribution in [0.2, 0.25) is 0 Å². The van der Waals surface area contributed by atoms with Crippen molar-refractivity contribution < 1.29 is 19.0 Å². The van der Waals surface area contributed by atoms with Crippen LogP contribution in [0.5, 0.6) is 17.2 Å². The van der Waals surface area contributed by atoms with E-state index < -0.39 is 5.91 Å². The first kappa shape index (κ1) is 20.3. The van der Waals surface area contributed by atoms with Crippen LogP contribution in [0.4, 0.5) is 5.69 Å². The summed E-state index contributed by atoms with van der Waals surface area (Å²) in [4.78, 5) is 25.4. The molecule has 0 unspecified atom stereocenters. The average Bonchev–Trinajstić information content (AvgIpc) is 2.90. The van der Waals surface area contributed by atoms with Gasteiger partial charge in [0.15, 0.2) is 0 Å². The van der Waals surface area contributed by atoms with Crippen LogP contribution in [0.3, 0.4) is 0 Å². The fraction of sp³-hybridized carbons (Fsp3) is 0.333. The zero-order valence-electron chi connectivity index (χ0n) is 17.4. The van der Waals surface area contributed by atoms with E-state index in [1.54, 1.807) is 44.4 Å². The molecule has 0 atom stereocenters. The summed E-state index contributed by atoms with van der Waals surface area (Å²) in [6.45, 7) is 3.78. The first-order valence-electron chi connectivity index (χ1n) is 9.17. The highest BCUT2D eigenvalue weighted by atomic mass is 16.5. The van der Waals surface area contributed by atoms with Crippen molar-refractivity contribution in [1.29, 1.82) is 0 Å². The fourth-order valence-electron chi connectivity index (χ4n) is 3.23. The van der Waals surface area contributed by atoms with Gasteiger partial charge in [0.25, 0.3) is 5.91 Å². The van der Waals surface area contributed by atoms with E-state index in [0.717, 1.165) is 0 Å². The molecule has 0 radical (unpaired) electrons. The number of carbonyl (C=O) groups excluding carboxylic acids is 1. The van der Waals surface area contributed by atoms with Gasteiger partial charge in [0.05, 0.1) is 37.0 Å². The van der Waals surface area contributed by atoms with Crippen LogP contribution in [0.25, 0.3) is 11.0 Å². The number of hydrogen-bond acceptors (Lipinski definition) is 5. The van der Waals surface area contributed by atoms with Gasteiger partial charge in [-0.25, -0.2) is 4.79 Å². The van der Waals surface area contributed by atoms with Gasteiger partial charge in [0.1, 0.15) is 22.8 Å². The summed E-state index contributed by atoms with van der Waals surface area (Å²) in [5.74, 6) is 0.840. The van der Waals surface area contributed by atoms with Crippen LogP contribution in [0.15, 0.2) is 35.1 Å². The third kappa shape index (κ3) is 3.65. The number of nitrogens with one attached hydrogen (secondary N) is 1. The van der Waals surface area contributed by atoms with Crippen LogP contribution in [0.1, 0.15) is 24.2 Å². The Labute approximate surface area is 168 Å². The first-order chi connectivity index (χ1) is 13.8. The van der Waals surface area contributed by atoms with Gasteiger partial charge in [-0.2, -0.15) is 0 Å². The van der Waals surface area contributed by atoms with Crippen LogP contribution in [-0.2, 0) is 14.1 Å². The van der Waals surface area contributed by atoms with E-state index in [4.69, 9.17) is 14.2 Å². The molecule has 1 aromatic heterocycles. The summed E-state index contributed by atoms with van der Waals surface area (Å²) in [5.41, 5.74) is 1.95. The number of amides is 1. The molecule has 0 bridgehead atoms. The summed E-state index contributed by atoms with van der Waals surface area (Å²) < 4.78 is 19.6. The number of imidazole rings is 1. The highest BCUT2D eigenvalue weighted by Crippen LogP contribution is 2.34. The maximum atomic E-state index is 13.1. The summed E-state index contributed by atoms with van der Waals surface area (Å²) in [5, 5.41) is 2.88. The van der Waals surface area contributed by atoms with Gasteiger partial charge in [0, 0.05) is 20.2 Å². The Morgan fingerprint density at radius 1 is 0.966 bits per heavy atom. The number of anilines is 1. The predicted molar refractivity (Wildman–Crippen MR) is 111 cm³/mol. The number of ether oxygens (including phenoxy) is 3. The molecule has 0 aliphatic carbocycles. The van der Waals surface area contributed by atoms with Crippen molar-refractivity contribution in [2.75, 3.05) is 19.5 Å². The molecule has 0 aliphatic rings. The largest absolute Gasteiger partial charge is 0.496 e. The molecule has 8 heteroatoms. The summed E-state index contributed by atoms with van der Waals surface area (Å²) in [7, 11) is 6.36. The maximum Gasteiger partial charge on any atom is 0.328 e. The van der Waals surface area contributed by atoms with Crippen LogP contribution < -0.4 is 25.2 Å². The molecule has 154 valence electrons. The number of rotatable bonds is 6. The van der Waals surface area contributed by atoms with Gasteiger partial charge >= 0.3 is 5.69 Å². The predicted octanol–water partition coefficient (Wildman–Crippen LogP) is 2.93. The van der Waals surface area contributed by atoms with Crippen LogP contribution >= 0.6 is 0 Å². The quantitative estimate of drug-likeness (QED) is 0.689. The third-order valence-corrected chi connectivity index (χ3v) is 4.64. The Balaban J connectivity index is 2.13. The molecule has 0 aliphatic heterocycles. The molecule has 1 heterocycles. The van der Waals surface area contributed by atoms with E-state index in [1.165, 1.54) is 23.4 Å². The molecule has 3 aromatic rings. The van der Waals surface area contributed by atoms with Crippen LogP contribution in [-0.4, -0.2) is 35.4 Å². The average molecular weight is 399 g/mol. The summed E-state index contributed by atoms with van der Waals surface area (Å²) in [6, 6.07) is 8.60. The zero-order chi connectivity index (χ0) is 21.3. The number of aromatic nitrogens is 2. The molecule has 0 spiro atoms. The van der Waals surface area contributed by atoms with E-state index >= 15 is 0 Å². The van der Waals surface area contributed by atoms with E-state index in [-0.39, 0.29) is 17.4 Å². The maximum absolute atomic E-state index is 13.1. The second kappa shape index (κ2) is 7.90.